The van der Waals surface area contributed by atoms with E-state index in [0.717, 1.165) is 51.4 Å². The second-order valence-electron chi connectivity index (χ2n) is 19.0. The summed E-state index contributed by atoms with van der Waals surface area (Å²) >= 11 is 0. The Morgan fingerprint density at radius 2 is 0.853 bits per heavy atom. The Hall–Kier alpha value is -2.02. The standard InChI is InChI=1S/C53H96O15/c1-3-5-7-9-11-13-15-17-19-20-22-23-25-27-29-31-33-35-44(55)63-38-41(66-45(56)36-34-32-30-28-26-24-21-18-16-14-12-10-8-6-4-2)39-64-52-51(62)49(60)47(58)43(68-52)40-65-53-50(61)48(59)46(57)42(37-54)67-53/h10,12,17,19,41-43,46-54,57-62H,3-9,11,13-16,18,20-40H2,1-2H3/b12-10+,19-17+/t41-,42+,43+,46-,47-,48?,49?,50?,51?,52+,53+/m0/s1. The highest BCUT2D eigenvalue weighted by molar-refractivity contribution is 5.70. The van der Waals surface area contributed by atoms with Gasteiger partial charge in [-0.05, 0) is 57.8 Å². The first kappa shape index (κ1) is 62.1. The average Bonchev–Trinajstić information content (AvgIpc) is 3.33. The molecule has 2 aliphatic rings. The molecule has 0 aliphatic carbocycles. The molecule has 398 valence electrons. The van der Waals surface area contributed by atoms with E-state index in [1.165, 1.54) is 116 Å². The highest BCUT2D eigenvalue weighted by Crippen LogP contribution is 2.26. The zero-order chi connectivity index (χ0) is 49.6. The number of hydrogen-bond donors (Lipinski definition) is 7. The summed E-state index contributed by atoms with van der Waals surface area (Å²) in [4.78, 5) is 25.8. The van der Waals surface area contributed by atoms with E-state index in [4.69, 9.17) is 28.4 Å². The number of ether oxygens (including phenoxy) is 6. The number of unbranched alkanes of at least 4 members (excludes halogenated alkanes) is 24. The monoisotopic (exact) mass is 973 g/mol. The fourth-order valence-electron chi connectivity index (χ4n) is 8.43. The lowest BCUT2D eigenvalue weighted by molar-refractivity contribution is -0.332. The second-order valence-corrected chi connectivity index (χ2v) is 19.0. The summed E-state index contributed by atoms with van der Waals surface area (Å²) in [5.41, 5.74) is 0. The van der Waals surface area contributed by atoms with Crippen molar-refractivity contribution in [3.8, 4) is 0 Å². The molecule has 2 heterocycles. The first-order valence-corrected chi connectivity index (χ1v) is 26.9. The van der Waals surface area contributed by atoms with Crippen LogP contribution in [0, 0.1) is 0 Å². The highest BCUT2D eigenvalue weighted by Gasteiger charge is 2.47. The SMILES string of the molecule is CCCC/C=C/CCCCCCCCCCCC(=O)O[C@@H](COC(=O)CCCCCCCCC/C=C/CCCCCCCC)CO[C@@H]1O[C@H](CO[C@@H]2O[C@H](CO)[C@H](O)C(O)C2O)[C@H](O)C(O)C1O. The van der Waals surface area contributed by atoms with Gasteiger partial charge < -0.3 is 64.2 Å². The van der Waals surface area contributed by atoms with Gasteiger partial charge >= 0.3 is 11.9 Å². The number of carbonyl (C=O) groups excluding carboxylic acids is 2. The average molecular weight is 973 g/mol. The largest absolute Gasteiger partial charge is 0.462 e. The molecule has 0 saturated carbocycles. The van der Waals surface area contributed by atoms with Gasteiger partial charge in [0.25, 0.3) is 0 Å². The van der Waals surface area contributed by atoms with Gasteiger partial charge in [-0.2, -0.15) is 0 Å². The molecule has 15 heteroatoms. The van der Waals surface area contributed by atoms with E-state index in [-0.39, 0.29) is 26.1 Å². The number of aliphatic hydroxyl groups is 7. The van der Waals surface area contributed by atoms with Crippen LogP contribution in [-0.2, 0) is 38.0 Å². The van der Waals surface area contributed by atoms with Gasteiger partial charge in [0.2, 0.25) is 0 Å². The van der Waals surface area contributed by atoms with Crippen LogP contribution < -0.4 is 0 Å². The Morgan fingerprint density at radius 3 is 1.34 bits per heavy atom. The van der Waals surface area contributed by atoms with Gasteiger partial charge in [-0.3, -0.25) is 9.59 Å². The van der Waals surface area contributed by atoms with Crippen molar-refractivity contribution < 1.29 is 73.8 Å². The predicted octanol–water partition coefficient (Wildman–Crippen LogP) is 7.94. The van der Waals surface area contributed by atoms with Crippen molar-refractivity contribution in [1.82, 2.24) is 0 Å². The van der Waals surface area contributed by atoms with Crippen LogP contribution in [0.1, 0.15) is 206 Å². The Balaban J connectivity index is 1.79. The molecule has 2 fully saturated rings. The zero-order valence-electron chi connectivity index (χ0n) is 42.1. The van der Waals surface area contributed by atoms with Crippen molar-refractivity contribution in [3.05, 3.63) is 24.3 Å². The van der Waals surface area contributed by atoms with Crippen molar-refractivity contribution in [3.63, 3.8) is 0 Å². The van der Waals surface area contributed by atoms with Crippen LogP contribution in [-0.4, -0.2) is 142 Å². The van der Waals surface area contributed by atoms with E-state index in [1.807, 2.05) is 0 Å². The third kappa shape index (κ3) is 28.1. The lowest BCUT2D eigenvalue weighted by Crippen LogP contribution is -2.61. The summed E-state index contributed by atoms with van der Waals surface area (Å²) in [6.45, 7) is 2.57. The molecule has 2 aliphatic heterocycles. The summed E-state index contributed by atoms with van der Waals surface area (Å²) in [5, 5.41) is 72.1. The summed E-state index contributed by atoms with van der Waals surface area (Å²) in [6, 6.07) is 0. The molecule has 0 bridgehead atoms. The normalized spacial score (nSPS) is 25.9. The van der Waals surface area contributed by atoms with Crippen molar-refractivity contribution in [2.75, 3.05) is 26.4 Å². The Morgan fingerprint density at radius 1 is 0.456 bits per heavy atom. The van der Waals surface area contributed by atoms with Crippen molar-refractivity contribution >= 4 is 11.9 Å². The quantitative estimate of drug-likeness (QED) is 0.0175. The molecular weight excluding hydrogens is 877 g/mol. The number of esters is 2. The minimum atomic E-state index is -1.76. The number of rotatable bonds is 42. The van der Waals surface area contributed by atoms with E-state index < -0.39 is 92.7 Å². The van der Waals surface area contributed by atoms with E-state index in [2.05, 4.69) is 38.2 Å². The van der Waals surface area contributed by atoms with Crippen molar-refractivity contribution in [2.45, 2.75) is 274 Å². The van der Waals surface area contributed by atoms with Gasteiger partial charge in [-0.1, -0.05) is 160 Å². The fourth-order valence-corrected chi connectivity index (χ4v) is 8.43. The first-order chi connectivity index (χ1) is 33.0. The Kier molecular flexibility index (Phi) is 37.0. The predicted molar refractivity (Wildman–Crippen MR) is 261 cm³/mol. The first-order valence-electron chi connectivity index (χ1n) is 26.9. The molecule has 15 nitrogen and oxygen atoms in total. The van der Waals surface area contributed by atoms with Gasteiger partial charge in [0.15, 0.2) is 18.7 Å². The van der Waals surface area contributed by atoms with Crippen LogP contribution in [0.5, 0.6) is 0 Å². The molecule has 68 heavy (non-hydrogen) atoms. The topological polar surface area (TPSA) is 231 Å². The molecule has 0 spiro atoms. The van der Waals surface area contributed by atoms with E-state index in [9.17, 15) is 45.3 Å². The van der Waals surface area contributed by atoms with Crippen LogP contribution in [0.2, 0.25) is 0 Å². The molecule has 0 radical (unpaired) electrons. The maximum absolute atomic E-state index is 13.0. The van der Waals surface area contributed by atoms with Gasteiger partial charge in [0.05, 0.1) is 19.8 Å². The Bertz CT molecular complexity index is 1280. The van der Waals surface area contributed by atoms with Crippen LogP contribution in [0.3, 0.4) is 0 Å². The third-order valence-electron chi connectivity index (χ3n) is 12.9. The highest BCUT2D eigenvalue weighted by atomic mass is 16.7. The molecule has 7 N–H and O–H groups in total. The molecule has 0 aromatic carbocycles. The van der Waals surface area contributed by atoms with Crippen LogP contribution in [0.25, 0.3) is 0 Å². The Labute approximate surface area is 409 Å². The summed E-state index contributed by atoms with van der Waals surface area (Å²) in [5.74, 6) is -0.926. The molecule has 2 rings (SSSR count). The summed E-state index contributed by atoms with van der Waals surface area (Å²) in [6.07, 6.45) is 24.8. The van der Waals surface area contributed by atoms with Gasteiger partial charge in [-0.15, -0.1) is 0 Å². The lowest BCUT2D eigenvalue weighted by Gasteiger charge is -2.42. The number of carbonyl (C=O) groups is 2. The number of hydrogen-bond acceptors (Lipinski definition) is 15. The summed E-state index contributed by atoms with van der Waals surface area (Å²) < 4.78 is 33.6. The maximum Gasteiger partial charge on any atom is 0.306 e. The molecule has 11 atom stereocenters. The smallest absolute Gasteiger partial charge is 0.306 e. The molecule has 4 unspecified atom stereocenters. The van der Waals surface area contributed by atoms with Crippen molar-refractivity contribution in [2.24, 2.45) is 0 Å². The van der Waals surface area contributed by atoms with Crippen LogP contribution in [0.4, 0.5) is 0 Å². The molecular formula is C53H96O15. The second kappa shape index (κ2) is 40.6. The minimum Gasteiger partial charge on any atom is -0.462 e. The maximum atomic E-state index is 13.0. The molecule has 0 amide bonds. The van der Waals surface area contributed by atoms with Crippen LogP contribution in [0.15, 0.2) is 24.3 Å². The third-order valence-corrected chi connectivity index (χ3v) is 12.9. The van der Waals surface area contributed by atoms with E-state index in [0.29, 0.717) is 12.8 Å². The van der Waals surface area contributed by atoms with Gasteiger partial charge in [0.1, 0.15) is 55.4 Å². The van der Waals surface area contributed by atoms with Crippen molar-refractivity contribution in [1.29, 1.82) is 0 Å². The van der Waals surface area contributed by atoms with E-state index in [1.54, 1.807) is 0 Å². The molecule has 0 aromatic heterocycles. The van der Waals surface area contributed by atoms with Crippen LogP contribution >= 0.6 is 0 Å². The zero-order valence-corrected chi connectivity index (χ0v) is 42.1. The number of allylic oxidation sites excluding steroid dienone is 4. The molecule has 0 aromatic rings. The van der Waals surface area contributed by atoms with Gasteiger partial charge in [0, 0.05) is 12.8 Å². The molecule has 2 saturated heterocycles. The minimum absolute atomic E-state index is 0.164. The van der Waals surface area contributed by atoms with E-state index >= 15 is 0 Å². The lowest BCUT2D eigenvalue weighted by atomic mass is 9.98. The number of aliphatic hydroxyl groups excluding tert-OH is 7. The van der Waals surface area contributed by atoms with Gasteiger partial charge in [-0.25, -0.2) is 0 Å². The summed E-state index contributed by atoms with van der Waals surface area (Å²) in [7, 11) is 0. The fraction of sp³-hybridized carbons (Fsp3) is 0.887.